The number of fused-ring (bicyclic) bond motifs is 11. The zero-order valence-electron chi connectivity index (χ0n) is 38.6. The van der Waals surface area contributed by atoms with Gasteiger partial charge in [-0.15, -0.1) is 0 Å². The summed E-state index contributed by atoms with van der Waals surface area (Å²) in [5, 5.41) is 3.58. The van der Waals surface area contributed by atoms with Crippen molar-refractivity contribution in [3.05, 3.63) is 97.5 Å². The van der Waals surface area contributed by atoms with E-state index in [0.29, 0.717) is 41.0 Å². The molecule has 1 saturated carbocycles. The molecule has 11 rings (SSSR count). The first-order valence-corrected chi connectivity index (χ1v) is 25.4. The van der Waals surface area contributed by atoms with Crippen molar-refractivity contribution >= 4 is 40.2 Å². The summed E-state index contributed by atoms with van der Waals surface area (Å²) in [6.45, 7) is 9.89. The second kappa shape index (κ2) is 17.8. The van der Waals surface area contributed by atoms with Gasteiger partial charge in [0.15, 0.2) is 0 Å². The van der Waals surface area contributed by atoms with Gasteiger partial charge in [-0.05, 0) is 158 Å². The van der Waals surface area contributed by atoms with Crippen LogP contribution in [-0.2, 0) is 27.0 Å². The van der Waals surface area contributed by atoms with Crippen LogP contribution in [0.1, 0.15) is 141 Å². The molecule has 0 unspecified atom stereocenters. The summed E-state index contributed by atoms with van der Waals surface area (Å²) in [6.07, 6.45) is 14.5. The van der Waals surface area contributed by atoms with Crippen LogP contribution in [0.15, 0.2) is 53.3 Å². The second-order valence-electron chi connectivity index (χ2n) is 20.6. The summed E-state index contributed by atoms with van der Waals surface area (Å²) in [5.41, 5.74) is 7.01. The highest BCUT2D eigenvalue weighted by Gasteiger charge is 2.49. The van der Waals surface area contributed by atoms with E-state index in [4.69, 9.17) is 21.3 Å². The molecule has 66 heavy (non-hydrogen) atoms. The molecule has 0 bridgehead atoms. The highest BCUT2D eigenvalue weighted by atomic mass is 35.5. The largest absolute Gasteiger partial charge is 0.492 e. The average Bonchev–Trinajstić information content (AvgIpc) is 3.97. The van der Waals surface area contributed by atoms with Crippen molar-refractivity contribution in [1.29, 1.82) is 0 Å². The summed E-state index contributed by atoms with van der Waals surface area (Å²) in [7, 11) is 1.59. The first kappa shape index (κ1) is 43.9. The molecule has 7 heterocycles. The van der Waals surface area contributed by atoms with Gasteiger partial charge >= 0.3 is 0 Å². The van der Waals surface area contributed by atoms with Gasteiger partial charge < -0.3 is 24.8 Å². The van der Waals surface area contributed by atoms with Crippen molar-refractivity contribution in [1.82, 2.24) is 34.5 Å². The molecule has 13 heteroatoms. The molecule has 0 radical (unpaired) electrons. The monoisotopic (exact) mass is 913 g/mol. The smallest absolute Gasteiger partial charge is 0.282 e. The number of likely N-dealkylation sites (tertiary alicyclic amines) is 3. The number of amides is 3. The van der Waals surface area contributed by atoms with Crippen molar-refractivity contribution in [2.24, 2.45) is 0 Å². The molecule has 1 aliphatic carbocycles. The lowest BCUT2D eigenvalue weighted by molar-refractivity contribution is -0.129. The zero-order valence-corrected chi connectivity index (χ0v) is 39.3. The number of aromatic nitrogens is 2. The van der Waals surface area contributed by atoms with Gasteiger partial charge in [0.1, 0.15) is 11.6 Å². The van der Waals surface area contributed by atoms with Gasteiger partial charge in [0.2, 0.25) is 11.8 Å². The third-order valence-corrected chi connectivity index (χ3v) is 17.4. The number of carbonyl (C=O) groups is 3. The van der Waals surface area contributed by atoms with Gasteiger partial charge in [-0.2, -0.15) is 4.98 Å². The Hall–Kier alpha value is -4.62. The highest BCUT2D eigenvalue weighted by molar-refractivity contribution is 6.35. The minimum Gasteiger partial charge on any atom is -0.492 e. The Morgan fingerprint density at radius 2 is 1.56 bits per heavy atom. The predicted octanol–water partition coefficient (Wildman–Crippen LogP) is 7.46. The molecular formula is C53H64ClN7O5. The zero-order chi connectivity index (χ0) is 45.2. The standard InChI is InChI=1S/C53H64ClN7O5/c1-55-45(62)10-6-11-46(63)60-33-39-38(50(60)65)13-15-41-48(39)66-34-52(41)22-30-59(31-23-52)37-18-28-58(29-19-37)25-7-24-57-26-16-35(17-27-57)36-12-14-40-44(32-36)61-43-9-5-8-42(54)47(43)49(64)56-51(61)53(40)20-3-2-4-21-53/h5,8-9,12-15,32,35,37H,2-4,6-7,10-11,16-31,33-34H2,1H3,(H,55,62). The van der Waals surface area contributed by atoms with Crippen LogP contribution in [0.25, 0.3) is 16.6 Å². The molecule has 0 atom stereocenters. The molecule has 3 amide bonds. The first-order chi connectivity index (χ1) is 32.2. The first-order valence-electron chi connectivity index (χ1n) is 25.1. The van der Waals surface area contributed by atoms with Crippen LogP contribution in [0.3, 0.4) is 0 Å². The van der Waals surface area contributed by atoms with E-state index in [9.17, 15) is 19.2 Å². The van der Waals surface area contributed by atoms with E-state index in [1.807, 2.05) is 18.2 Å². The summed E-state index contributed by atoms with van der Waals surface area (Å²) < 4.78 is 8.70. The maximum absolute atomic E-state index is 13.4. The molecule has 4 aromatic rings. The number of carbonyl (C=O) groups excluding carboxylic acids is 3. The van der Waals surface area contributed by atoms with E-state index in [2.05, 4.69) is 48.8 Å². The third-order valence-electron chi connectivity index (χ3n) is 17.1. The molecule has 3 saturated heterocycles. The fourth-order valence-corrected chi connectivity index (χ4v) is 13.5. The minimum atomic E-state index is -0.254. The number of imide groups is 1. The summed E-state index contributed by atoms with van der Waals surface area (Å²) in [4.78, 5) is 65.6. The van der Waals surface area contributed by atoms with Gasteiger partial charge in [-0.1, -0.05) is 55.1 Å². The van der Waals surface area contributed by atoms with Crippen LogP contribution in [-0.4, -0.2) is 119 Å². The number of nitrogens with one attached hydrogen (secondary N) is 1. The molecule has 1 aromatic heterocycles. The average molecular weight is 915 g/mol. The van der Waals surface area contributed by atoms with Crippen molar-refractivity contribution in [3.63, 3.8) is 0 Å². The summed E-state index contributed by atoms with van der Waals surface area (Å²) >= 11 is 6.63. The number of piperidine rings is 3. The lowest BCUT2D eigenvalue weighted by atomic mass is 9.69. The highest BCUT2D eigenvalue weighted by Crippen LogP contribution is 2.53. The van der Waals surface area contributed by atoms with Crippen LogP contribution >= 0.6 is 11.6 Å². The lowest BCUT2D eigenvalue weighted by Gasteiger charge is -2.44. The second-order valence-corrected chi connectivity index (χ2v) is 21.0. The lowest BCUT2D eigenvalue weighted by Crippen LogP contribution is -2.51. The van der Waals surface area contributed by atoms with E-state index in [0.717, 1.165) is 126 Å². The Kier molecular flexibility index (Phi) is 11.8. The quantitative estimate of drug-likeness (QED) is 0.173. The molecule has 2 spiro atoms. The normalized spacial score (nSPS) is 21.8. The van der Waals surface area contributed by atoms with Gasteiger partial charge in [0.05, 0.1) is 40.2 Å². The molecule has 1 N–H and O–H groups in total. The molecular weight excluding hydrogens is 850 g/mol. The maximum Gasteiger partial charge on any atom is 0.282 e. The minimum absolute atomic E-state index is 0.0412. The van der Waals surface area contributed by atoms with Crippen LogP contribution in [0.5, 0.6) is 5.75 Å². The van der Waals surface area contributed by atoms with Gasteiger partial charge in [0.25, 0.3) is 11.5 Å². The van der Waals surface area contributed by atoms with Crippen LogP contribution in [0, 0.1) is 0 Å². The van der Waals surface area contributed by atoms with Crippen LogP contribution < -0.4 is 15.6 Å². The van der Waals surface area contributed by atoms with Gasteiger partial charge in [-0.25, -0.2) is 0 Å². The third kappa shape index (κ3) is 7.58. The maximum atomic E-state index is 13.4. The van der Waals surface area contributed by atoms with Crippen molar-refractivity contribution in [3.8, 4) is 11.4 Å². The topological polar surface area (TPSA) is 120 Å². The van der Waals surface area contributed by atoms with Crippen molar-refractivity contribution in [2.45, 2.75) is 126 Å². The van der Waals surface area contributed by atoms with Gasteiger partial charge in [-0.3, -0.25) is 28.6 Å². The number of hydrogen-bond donors (Lipinski definition) is 1. The molecule has 12 nitrogen and oxygen atoms in total. The number of halogens is 1. The Balaban J connectivity index is 0.645. The molecule has 4 fully saturated rings. The van der Waals surface area contributed by atoms with Crippen molar-refractivity contribution in [2.75, 3.05) is 66.0 Å². The number of ether oxygens (including phenoxy) is 1. The van der Waals surface area contributed by atoms with Gasteiger partial charge in [0, 0.05) is 48.0 Å². The van der Waals surface area contributed by atoms with E-state index in [1.165, 1.54) is 53.0 Å². The molecule has 6 aliphatic heterocycles. The summed E-state index contributed by atoms with van der Waals surface area (Å²) in [6, 6.07) is 17.6. The molecule has 348 valence electrons. The van der Waals surface area contributed by atoms with Crippen LogP contribution in [0.4, 0.5) is 0 Å². The molecule has 7 aliphatic rings. The van der Waals surface area contributed by atoms with E-state index in [1.54, 1.807) is 13.1 Å². The number of nitrogens with zero attached hydrogens (tertiary/aromatic N) is 6. The fourth-order valence-electron chi connectivity index (χ4n) is 13.3. The Labute approximate surface area is 393 Å². The summed E-state index contributed by atoms with van der Waals surface area (Å²) in [5.74, 6) is 1.67. The van der Waals surface area contributed by atoms with E-state index >= 15 is 0 Å². The predicted molar refractivity (Wildman–Crippen MR) is 256 cm³/mol. The number of hydrogen-bond acceptors (Lipinski definition) is 9. The van der Waals surface area contributed by atoms with E-state index < -0.39 is 0 Å². The fraction of sp³-hybridized carbons (Fsp3) is 0.566. The Morgan fingerprint density at radius 3 is 2.30 bits per heavy atom. The van der Waals surface area contributed by atoms with E-state index in [-0.39, 0.29) is 53.5 Å². The Morgan fingerprint density at radius 1 is 0.833 bits per heavy atom. The number of rotatable bonds is 10. The van der Waals surface area contributed by atoms with Crippen LogP contribution in [0.2, 0.25) is 5.02 Å². The number of benzene rings is 3. The SMILES string of the molecule is CNC(=O)CCCC(=O)N1Cc2c(ccc3c2OCC32CCN(C3CCN(CCCN4CCC(c5ccc6c(c5)-n5c(nc(=O)c7c(Cl)cccc75)C65CCCCC5)CC4)CC3)CC2)C1=O. The Bertz CT molecular complexity index is 2620. The molecule has 3 aromatic carbocycles. The van der Waals surface area contributed by atoms with Crippen molar-refractivity contribution < 1.29 is 19.1 Å².